The van der Waals surface area contributed by atoms with Gasteiger partial charge in [0.1, 0.15) is 0 Å². The highest BCUT2D eigenvalue weighted by atomic mass is 32.1. The molecule has 2 rings (SSSR count). The largest absolute Gasteiger partial charge is 0.257 e. The number of rotatable bonds is 2. The maximum Gasteiger partial charge on any atom is 0.0982 e. The second-order valence-electron chi connectivity index (χ2n) is 2.42. The summed E-state index contributed by atoms with van der Waals surface area (Å²) in [6.07, 6.45) is 5.57. The van der Waals surface area contributed by atoms with Gasteiger partial charge in [0.15, 0.2) is 0 Å². The van der Waals surface area contributed by atoms with E-state index in [0.29, 0.717) is 0 Å². The summed E-state index contributed by atoms with van der Waals surface area (Å²) >= 11 is 1.34. The van der Waals surface area contributed by atoms with Crippen molar-refractivity contribution in [1.29, 1.82) is 0 Å². The number of aromatic nitrogens is 3. The van der Waals surface area contributed by atoms with Crippen LogP contribution in [-0.2, 0) is 0 Å². The highest BCUT2D eigenvalue weighted by Gasteiger charge is 1.89. The zero-order chi connectivity index (χ0) is 8.93. The molecule has 0 N–H and O–H groups in total. The molecule has 4 heteroatoms. The Hall–Kier alpha value is -1.55. The number of hydrogen-bond donors (Lipinski definition) is 0. The zero-order valence-electron chi connectivity index (χ0n) is 6.79. The van der Waals surface area contributed by atoms with Crippen molar-refractivity contribution in [3.05, 3.63) is 41.2 Å². The van der Waals surface area contributed by atoms with Gasteiger partial charge < -0.3 is 0 Å². The van der Waals surface area contributed by atoms with E-state index < -0.39 is 0 Å². The molecule has 2 aromatic rings. The molecular weight excluding hydrogens is 182 g/mol. The van der Waals surface area contributed by atoms with Crippen LogP contribution in [0.3, 0.4) is 0 Å². The fraction of sp³-hybridized carbons (Fsp3) is 0. The van der Waals surface area contributed by atoms with Gasteiger partial charge in [0.2, 0.25) is 0 Å². The Morgan fingerprint density at radius 3 is 2.77 bits per heavy atom. The Morgan fingerprint density at radius 1 is 1.15 bits per heavy atom. The van der Waals surface area contributed by atoms with Gasteiger partial charge in [-0.1, -0.05) is 10.6 Å². The van der Waals surface area contributed by atoms with Crippen LogP contribution in [0.1, 0.15) is 11.4 Å². The standard InChI is InChI=1S/C9H7N3S/c1-2-6-10-8(3-1)4-5-9-7-13-12-11-9/h1-7H/b5-4-. The molecule has 0 aromatic carbocycles. The normalized spacial score (nSPS) is 10.8. The quantitative estimate of drug-likeness (QED) is 0.726. The second-order valence-corrected chi connectivity index (χ2v) is 3.03. The highest BCUT2D eigenvalue weighted by molar-refractivity contribution is 7.03. The smallest absolute Gasteiger partial charge is 0.0982 e. The molecule has 0 saturated heterocycles. The lowest BCUT2D eigenvalue weighted by molar-refractivity contribution is 1.14. The van der Waals surface area contributed by atoms with E-state index in [0.717, 1.165) is 11.4 Å². The molecule has 0 saturated carbocycles. The van der Waals surface area contributed by atoms with Crippen LogP contribution in [0, 0.1) is 0 Å². The molecule has 0 amide bonds. The predicted octanol–water partition coefficient (Wildman–Crippen LogP) is 2.10. The maximum absolute atomic E-state index is 4.15. The average molecular weight is 189 g/mol. The molecule has 64 valence electrons. The predicted molar refractivity (Wildman–Crippen MR) is 53.1 cm³/mol. The van der Waals surface area contributed by atoms with Gasteiger partial charge in [0.25, 0.3) is 0 Å². The molecule has 13 heavy (non-hydrogen) atoms. The maximum atomic E-state index is 4.15. The molecule has 0 aliphatic rings. The van der Waals surface area contributed by atoms with Crippen molar-refractivity contribution in [2.75, 3.05) is 0 Å². The van der Waals surface area contributed by atoms with Crippen molar-refractivity contribution in [3.8, 4) is 0 Å². The topological polar surface area (TPSA) is 38.7 Å². The van der Waals surface area contributed by atoms with E-state index in [1.54, 1.807) is 6.20 Å². The minimum absolute atomic E-state index is 0.871. The van der Waals surface area contributed by atoms with Gasteiger partial charge in [-0.2, -0.15) is 0 Å². The molecule has 0 radical (unpaired) electrons. The first kappa shape index (κ1) is 8.07. The minimum Gasteiger partial charge on any atom is -0.257 e. The molecule has 0 atom stereocenters. The van der Waals surface area contributed by atoms with Crippen molar-refractivity contribution >= 4 is 23.7 Å². The molecule has 0 aliphatic carbocycles. The van der Waals surface area contributed by atoms with E-state index in [1.807, 2.05) is 35.7 Å². The van der Waals surface area contributed by atoms with E-state index in [9.17, 15) is 0 Å². The van der Waals surface area contributed by atoms with E-state index in [1.165, 1.54) is 11.5 Å². The van der Waals surface area contributed by atoms with Crippen molar-refractivity contribution in [3.63, 3.8) is 0 Å². The first-order valence-corrected chi connectivity index (χ1v) is 4.65. The zero-order valence-corrected chi connectivity index (χ0v) is 7.61. The Kier molecular flexibility index (Phi) is 2.43. The van der Waals surface area contributed by atoms with E-state index in [2.05, 4.69) is 14.6 Å². The molecule has 0 bridgehead atoms. The van der Waals surface area contributed by atoms with Crippen LogP contribution < -0.4 is 0 Å². The van der Waals surface area contributed by atoms with Crippen LogP contribution >= 0.6 is 11.5 Å². The summed E-state index contributed by atoms with van der Waals surface area (Å²) in [5, 5.41) is 5.77. The summed E-state index contributed by atoms with van der Waals surface area (Å²) < 4.78 is 3.75. The minimum atomic E-state index is 0.871. The summed E-state index contributed by atoms with van der Waals surface area (Å²) in [6.45, 7) is 0. The van der Waals surface area contributed by atoms with Crippen LogP contribution in [-0.4, -0.2) is 14.6 Å². The molecule has 0 spiro atoms. The number of pyridine rings is 1. The summed E-state index contributed by atoms with van der Waals surface area (Å²) in [7, 11) is 0. The van der Waals surface area contributed by atoms with Crippen molar-refractivity contribution in [2.24, 2.45) is 0 Å². The summed E-state index contributed by atoms with van der Waals surface area (Å²) in [5.41, 5.74) is 1.80. The first-order chi connectivity index (χ1) is 6.45. The lowest BCUT2D eigenvalue weighted by Gasteiger charge is -1.87. The van der Waals surface area contributed by atoms with Gasteiger partial charge in [-0.3, -0.25) is 4.98 Å². The lowest BCUT2D eigenvalue weighted by Crippen LogP contribution is -1.76. The van der Waals surface area contributed by atoms with E-state index in [4.69, 9.17) is 0 Å². The third kappa shape index (κ3) is 2.19. The van der Waals surface area contributed by atoms with Crippen LogP contribution in [0.4, 0.5) is 0 Å². The Morgan fingerprint density at radius 2 is 2.08 bits per heavy atom. The Balaban J connectivity index is 2.15. The SMILES string of the molecule is C(=C/c1csnn1)/c1ccccn1. The van der Waals surface area contributed by atoms with Crippen molar-refractivity contribution < 1.29 is 0 Å². The second kappa shape index (κ2) is 3.91. The van der Waals surface area contributed by atoms with Crippen LogP contribution in [0.25, 0.3) is 12.2 Å². The fourth-order valence-corrected chi connectivity index (χ4v) is 1.31. The monoisotopic (exact) mass is 189 g/mol. The Labute approximate surface area is 79.9 Å². The average Bonchev–Trinajstić information content (AvgIpc) is 2.69. The van der Waals surface area contributed by atoms with Crippen LogP contribution in [0.15, 0.2) is 29.8 Å². The lowest BCUT2D eigenvalue weighted by atomic mass is 10.3. The molecule has 2 aromatic heterocycles. The fourth-order valence-electron chi connectivity index (χ4n) is 0.890. The highest BCUT2D eigenvalue weighted by Crippen LogP contribution is 2.03. The van der Waals surface area contributed by atoms with Crippen molar-refractivity contribution in [1.82, 2.24) is 14.6 Å². The number of hydrogen-bond acceptors (Lipinski definition) is 4. The van der Waals surface area contributed by atoms with E-state index >= 15 is 0 Å². The Bertz CT molecular complexity index is 381. The van der Waals surface area contributed by atoms with Gasteiger partial charge >= 0.3 is 0 Å². The van der Waals surface area contributed by atoms with Gasteiger partial charge in [0, 0.05) is 11.6 Å². The molecule has 2 heterocycles. The first-order valence-electron chi connectivity index (χ1n) is 3.81. The van der Waals surface area contributed by atoms with Gasteiger partial charge in [-0.05, 0) is 35.8 Å². The third-order valence-electron chi connectivity index (χ3n) is 1.49. The van der Waals surface area contributed by atoms with Crippen molar-refractivity contribution in [2.45, 2.75) is 0 Å². The third-order valence-corrected chi connectivity index (χ3v) is 2.01. The van der Waals surface area contributed by atoms with Gasteiger partial charge in [-0.15, -0.1) is 5.10 Å². The van der Waals surface area contributed by atoms with Crippen LogP contribution in [0.2, 0.25) is 0 Å². The van der Waals surface area contributed by atoms with Crippen LogP contribution in [0.5, 0.6) is 0 Å². The molecule has 0 aliphatic heterocycles. The molecular formula is C9H7N3S. The summed E-state index contributed by atoms with van der Waals surface area (Å²) in [6, 6.07) is 5.78. The van der Waals surface area contributed by atoms with E-state index in [-0.39, 0.29) is 0 Å². The summed E-state index contributed by atoms with van der Waals surface area (Å²) in [5.74, 6) is 0. The number of nitrogens with zero attached hydrogens (tertiary/aromatic N) is 3. The molecule has 0 fully saturated rings. The molecule has 3 nitrogen and oxygen atoms in total. The van der Waals surface area contributed by atoms with Gasteiger partial charge in [-0.25, -0.2) is 0 Å². The molecule has 0 unspecified atom stereocenters. The summed E-state index contributed by atoms with van der Waals surface area (Å²) in [4.78, 5) is 4.15. The van der Waals surface area contributed by atoms with Gasteiger partial charge in [0.05, 0.1) is 11.4 Å².